The summed E-state index contributed by atoms with van der Waals surface area (Å²) in [7, 11) is 0. The van der Waals surface area contributed by atoms with Gasteiger partial charge in [0.1, 0.15) is 6.61 Å². The van der Waals surface area contributed by atoms with E-state index < -0.39 is 5.97 Å². The van der Waals surface area contributed by atoms with Gasteiger partial charge in [0.25, 0.3) is 5.91 Å². The quantitative estimate of drug-likeness (QED) is 0.516. The second kappa shape index (κ2) is 9.93. The van der Waals surface area contributed by atoms with Crippen LogP contribution in [0.2, 0.25) is 0 Å². The lowest BCUT2D eigenvalue weighted by molar-refractivity contribution is 0.0671. The average Bonchev–Trinajstić information content (AvgIpc) is 2.83. The smallest absolute Gasteiger partial charge is 0.335 e. The molecule has 34 heavy (non-hydrogen) atoms. The predicted molar refractivity (Wildman–Crippen MR) is 130 cm³/mol. The van der Waals surface area contributed by atoms with Gasteiger partial charge in [-0.2, -0.15) is 0 Å². The summed E-state index contributed by atoms with van der Waals surface area (Å²) in [4.78, 5) is 30.2. The Hall–Kier alpha value is -3.91. The number of anilines is 1. The predicted octanol–water partition coefficient (Wildman–Crippen LogP) is 3.43. The molecule has 2 atom stereocenters. The van der Waals surface area contributed by atoms with Gasteiger partial charge in [0.2, 0.25) is 0 Å². The Morgan fingerprint density at radius 1 is 1.06 bits per heavy atom. The fourth-order valence-electron chi connectivity index (χ4n) is 4.16. The number of hydrogen-bond donors (Lipinski definition) is 3. The standard InChI is InChI=1S/C26H28N4O4/c1-16-13-30(14-17(2)29-16)25(31)20-8-6-19(7-9-20)22-11-23(24(27)28-12-22)34-15-18-4-3-5-21(10-18)26(32)33/h3-12,16-17,29H,13-15H2,1-2H3,(H2,27,28)(H,32,33). The first-order valence-electron chi connectivity index (χ1n) is 11.2. The topological polar surface area (TPSA) is 118 Å². The molecule has 1 aliphatic rings. The van der Waals surface area contributed by atoms with E-state index in [9.17, 15) is 9.59 Å². The summed E-state index contributed by atoms with van der Waals surface area (Å²) in [5.41, 5.74) is 9.22. The molecule has 8 nitrogen and oxygen atoms in total. The number of aromatic carboxylic acids is 1. The number of nitrogens with one attached hydrogen (secondary N) is 1. The Balaban J connectivity index is 1.47. The van der Waals surface area contributed by atoms with Gasteiger partial charge in [-0.25, -0.2) is 9.78 Å². The first-order valence-corrected chi connectivity index (χ1v) is 11.2. The molecule has 0 aliphatic carbocycles. The maximum Gasteiger partial charge on any atom is 0.335 e. The highest BCUT2D eigenvalue weighted by Gasteiger charge is 2.25. The Labute approximate surface area is 198 Å². The molecule has 0 bridgehead atoms. The lowest BCUT2D eigenvalue weighted by atomic mass is 10.0. The van der Waals surface area contributed by atoms with Crippen molar-refractivity contribution < 1.29 is 19.4 Å². The van der Waals surface area contributed by atoms with Crippen molar-refractivity contribution >= 4 is 17.7 Å². The number of rotatable bonds is 6. The summed E-state index contributed by atoms with van der Waals surface area (Å²) < 4.78 is 5.83. The van der Waals surface area contributed by atoms with Crippen LogP contribution in [0.4, 0.5) is 5.82 Å². The zero-order valence-electron chi connectivity index (χ0n) is 19.2. The molecule has 3 aromatic rings. The van der Waals surface area contributed by atoms with Crippen LogP contribution in [0.3, 0.4) is 0 Å². The fourth-order valence-corrected chi connectivity index (χ4v) is 4.16. The molecule has 0 radical (unpaired) electrons. The second-order valence-electron chi connectivity index (χ2n) is 8.66. The van der Waals surface area contributed by atoms with Gasteiger partial charge in [-0.3, -0.25) is 4.79 Å². The van der Waals surface area contributed by atoms with Crippen LogP contribution in [0, 0.1) is 0 Å². The van der Waals surface area contributed by atoms with Gasteiger partial charge < -0.3 is 25.8 Å². The first kappa shape index (κ1) is 23.3. The van der Waals surface area contributed by atoms with Gasteiger partial charge in [0.15, 0.2) is 11.6 Å². The molecule has 8 heteroatoms. The van der Waals surface area contributed by atoms with Crippen molar-refractivity contribution in [3.05, 3.63) is 77.5 Å². The number of carbonyl (C=O) groups excluding carboxylic acids is 1. The average molecular weight is 461 g/mol. The third kappa shape index (κ3) is 5.35. The largest absolute Gasteiger partial charge is 0.485 e. The maximum absolute atomic E-state index is 12.9. The number of nitrogen functional groups attached to an aromatic ring is 1. The molecule has 1 aromatic heterocycles. The third-order valence-electron chi connectivity index (χ3n) is 5.76. The molecule has 4 rings (SSSR count). The molecule has 0 saturated carbocycles. The Bertz CT molecular complexity index is 1190. The van der Waals surface area contributed by atoms with Crippen LogP contribution in [0.5, 0.6) is 5.75 Å². The van der Waals surface area contributed by atoms with Crippen molar-refractivity contribution in [2.75, 3.05) is 18.8 Å². The highest BCUT2D eigenvalue weighted by Crippen LogP contribution is 2.28. The molecule has 2 heterocycles. The SMILES string of the molecule is CC1CN(C(=O)c2ccc(-c3cnc(N)c(OCc4cccc(C(=O)O)c4)c3)cc2)CC(C)N1. The van der Waals surface area contributed by atoms with Crippen LogP contribution in [0.1, 0.15) is 40.1 Å². The Kier molecular flexibility index (Phi) is 6.79. The Morgan fingerprint density at radius 2 is 1.76 bits per heavy atom. The zero-order chi connectivity index (χ0) is 24.2. The van der Waals surface area contributed by atoms with Crippen molar-refractivity contribution in [3.8, 4) is 16.9 Å². The number of ether oxygens (including phenoxy) is 1. The van der Waals surface area contributed by atoms with E-state index in [0.29, 0.717) is 30.0 Å². The number of pyridine rings is 1. The fraction of sp³-hybridized carbons (Fsp3) is 0.269. The van der Waals surface area contributed by atoms with Crippen molar-refractivity contribution in [3.63, 3.8) is 0 Å². The molecule has 176 valence electrons. The van der Waals surface area contributed by atoms with Gasteiger partial charge in [-0.1, -0.05) is 24.3 Å². The van der Waals surface area contributed by atoms with Crippen LogP contribution in [0.15, 0.2) is 60.8 Å². The Morgan fingerprint density at radius 3 is 2.44 bits per heavy atom. The summed E-state index contributed by atoms with van der Waals surface area (Å²) >= 11 is 0. The number of piperazine rings is 1. The molecule has 2 unspecified atom stereocenters. The van der Waals surface area contributed by atoms with E-state index in [1.165, 1.54) is 6.07 Å². The summed E-state index contributed by atoms with van der Waals surface area (Å²) in [6.45, 7) is 5.68. The van der Waals surface area contributed by atoms with Crippen molar-refractivity contribution in [1.29, 1.82) is 0 Å². The molecule has 0 spiro atoms. The van der Waals surface area contributed by atoms with Gasteiger partial charge in [0, 0.05) is 42.5 Å². The lowest BCUT2D eigenvalue weighted by Gasteiger charge is -2.36. The van der Waals surface area contributed by atoms with Gasteiger partial charge in [-0.15, -0.1) is 0 Å². The van der Waals surface area contributed by atoms with E-state index in [1.54, 1.807) is 30.5 Å². The van der Waals surface area contributed by atoms with Gasteiger partial charge in [-0.05, 0) is 55.3 Å². The van der Waals surface area contributed by atoms with Gasteiger partial charge >= 0.3 is 5.97 Å². The summed E-state index contributed by atoms with van der Waals surface area (Å²) in [6, 6.07) is 16.3. The number of nitrogens with two attached hydrogens (primary N) is 1. The maximum atomic E-state index is 12.9. The molecule has 1 aliphatic heterocycles. The molecule has 1 fully saturated rings. The van der Waals surface area contributed by atoms with Crippen LogP contribution in [0.25, 0.3) is 11.1 Å². The van der Waals surface area contributed by atoms with Crippen molar-refractivity contribution in [2.45, 2.75) is 32.5 Å². The number of hydrogen-bond acceptors (Lipinski definition) is 6. The molecule has 1 amide bonds. The minimum Gasteiger partial charge on any atom is -0.485 e. The molecular formula is C26H28N4O4. The lowest BCUT2D eigenvalue weighted by Crippen LogP contribution is -2.55. The van der Waals surface area contributed by atoms with E-state index in [1.807, 2.05) is 29.2 Å². The van der Waals surface area contributed by atoms with Gasteiger partial charge in [0.05, 0.1) is 5.56 Å². The van der Waals surface area contributed by atoms with E-state index in [0.717, 1.165) is 11.1 Å². The number of carboxylic acid groups (broad SMARTS) is 1. The summed E-state index contributed by atoms with van der Waals surface area (Å²) in [6.07, 6.45) is 1.66. The number of benzene rings is 2. The normalized spacial score (nSPS) is 17.9. The van der Waals surface area contributed by atoms with Crippen LogP contribution in [-0.2, 0) is 6.61 Å². The van der Waals surface area contributed by atoms with Crippen LogP contribution >= 0.6 is 0 Å². The minimum atomic E-state index is -0.993. The monoisotopic (exact) mass is 460 g/mol. The second-order valence-corrected chi connectivity index (χ2v) is 8.66. The zero-order valence-corrected chi connectivity index (χ0v) is 19.2. The number of carbonyl (C=O) groups is 2. The number of amides is 1. The van der Waals surface area contributed by atoms with Crippen LogP contribution < -0.4 is 15.8 Å². The highest BCUT2D eigenvalue weighted by atomic mass is 16.5. The van der Waals surface area contributed by atoms with E-state index >= 15 is 0 Å². The van der Waals surface area contributed by atoms with E-state index in [4.69, 9.17) is 15.6 Å². The third-order valence-corrected chi connectivity index (χ3v) is 5.76. The molecule has 1 saturated heterocycles. The van der Waals surface area contributed by atoms with Crippen LogP contribution in [-0.4, -0.2) is 52.0 Å². The number of aromatic nitrogens is 1. The van der Waals surface area contributed by atoms with Crippen molar-refractivity contribution in [2.24, 2.45) is 0 Å². The summed E-state index contributed by atoms with van der Waals surface area (Å²) in [5.74, 6) is -0.322. The number of carboxylic acids is 1. The minimum absolute atomic E-state index is 0.0230. The van der Waals surface area contributed by atoms with Crippen molar-refractivity contribution in [1.82, 2.24) is 15.2 Å². The van der Waals surface area contributed by atoms with E-state index in [-0.39, 0.29) is 36.0 Å². The highest BCUT2D eigenvalue weighted by molar-refractivity contribution is 5.95. The van der Waals surface area contributed by atoms with E-state index in [2.05, 4.69) is 24.1 Å². The molecule has 4 N–H and O–H groups in total. The first-order chi connectivity index (χ1) is 16.3. The number of nitrogens with zero attached hydrogens (tertiary/aromatic N) is 2. The molecule has 2 aromatic carbocycles. The molecular weight excluding hydrogens is 432 g/mol. The summed E-state index contributed by atoms with van der Waals surface area (Å²) in [5, 5.41) is 12.6.